The molecule has 2 aromatic heterocycles. The van der Waals surface area contributed by atoms with Gasteiger partial charge in [0, 0.05) is 11.6 Å². The van der Waals surface area contributed by atoms with E-state index in [0.717, 1.165) is 5.69 Å². The van der Waals surface area contributed by atoms with Crippen LogP contribution >= 0.6 is 22.9 Å². The summed E-state index contributed by atoms with van der Waals surface area (Å²) in [5.41, 5.74) is 1.08. The van der Waals surface area contributed by atoms with Gasteiger partial charge >= 0.3 is 0 Å². The van der Waals surface area contributed by atoms with Crippen LogP contribution in [0.3, 0.4) is 0 Å². The van der Waals surface area contributed by atoms with Crippen LogP contribution in [0.25, 0.3) is 0 Å². The summed E-state index contributed by atoms with van der Waals surface area (Å²) in [7, 11) is 0. The number of carbonyl (C=O) groups is 1. The average Bonchev–Trinajstić information content (AvgIpc) is 2.64. The molecular formula is C9H7ClN4OS. The maximum atomic E-state index is 11.7. The Kier molecular flexibility index (Phi) is 3.12. The zero-order valence-electron chi connectivity index (χ0n) is 8.27. The van der Waals surface area contributed by atoms with Gasteiger partial charge < -0.3 is 0 Å². The van der Waals surface area contributed by atoms with Gasteiger partial charge in [-0.15, -0.1) is 11.3 Å². The van der Waals surface area contributed by atoms with Crippen LogP contribution in [-0.4, -0.2) is 20.9 Å². The molecule has 5 nitrogen and oxygen atoms in total. The van der Waals surface area contributed by atoms with Crippen molar-refractivity contribution in [2.24, 2.45) is 0 Å². The van der Waals surface area contributed by atoms with Crippen molar-refractivity contribution in [3.8, 4) is 0 Å². The van der Waals surface area contributed by atoms with E-state index in [-0.39, 0.29) is 16.9 Å². The number of nitrogens with zero attached hydrogens (tertiary/aromatic N) is 3. The second kappa shape index (κ2) is 4.54. The Morgan fingerprint density at radius 1 is 1.50 bits per heavy atom. The van der Waals surface area contributed by atoms with Crippen molar-refractivity contribution in [3.05, 3.63) is 34.3 Å². The van der Waals surface area contributed by atoms with Crippen molar-refractivity contribution in [1.29, 1.82) is 0 Å². The number of thiazole rings is 1. The average molecular weight is 255 g/mol. The zero-order chi connectivity index (χ0) is 11.5. The van der Waals surface area contributed by atoms with Gasteiger partial charge in [0.05, 0.1) is 5.69 Å². The topological polar surface area (TPSA) is 67.8 Å². The van der Waals surface area contributed by atoms with Crippen molar-refractivity contribution in [2.75, 3.05) is 5.32 Å². The maximum Gasteiger partial charge on any atom is 0.276 e. The first-order valence-electron chi connectivity index (χ1n) is 4.37. The number of halogens is 1. The van der Waals surface area contributed by atoms with Gasteiger partial charge in [-0.1, -0.05) is 0 Å². The highest BCUT2D eigenvalue weighted by Gasteiger charge is 2.10. The van der Waals surface area contributed by atoms with Crippen molar-refractivity contribution < 1.29 is 4.79 Å². The Hall–Kier alpha value is -1.53. The molecule has 0 aliphatic heterocycles. The molecule has 0 fully saturated rings. The van der Waals surface area contributed by atoms with E-state index in [1.54, 1.807) is 0 Å². The molecule has 2 aromatic rings. The number of hydrogen-bond donors (Lipinski definition) is 1. The SMILES string of the molecule is Cc1csc(NC(=O)c2ccnc(Cl)n2)n1. The van der Waals surface area contributed by atoms with Gasteiger partial charge in [0.1, 0.15) is 5.69 Å². The molecule has 82 valence electrons. The van der Waals surface area contributed by atoms with Crippen LogP contribution in [-0.2, 0) is 0 Å². The molecule has 0 aliphatic carbocycles. The molecule has 0 aliphatic rings. The minimum atomic E-state index is -0.348. The first-order valence-corrected chi connectivity index (χ1v) is 5.63. The van der Waals surface area contributed by atoms with Gasteiger partial charge in [-0.3, -0.25) is 10.1 Å². The molecule has 0 radical (unpaired) electrons. The van der Waals surface area contributed by atoms with Crippen molar-refractivity contribution >= 4 is 34.0 Å². The summed E-state index contributed by atoms with van der Waals surface area (Å²) in [5.74, 6) is -0.348. The fraction of sp³-hybridized carbons (Fsp3) is 0.111. The summed E-state index contributed by atoms with van der Waals surface area (Å²) >= 11 is 6.94. The summed E-state index contributed by atoms with van der Waals surface area (Å²) < 4.78 is 0. The molecule has 2 heterocycles. The first kappa shape index (κ1) is 11.0. The predicted octanol–water partition coefficient (Wildman–Crippen LogP) is 2.15. The molecular weight excluding hydrogens is 248 g/mol. The molecule has 1 N–H and O–H groups in total. The number of nitrogens with one attached hydrogen (secondary N) is 1. The minimum absolute atomic E-state index is 0.0444. The number of aromatic nitrogens is 3. The molecule has 1 amide bonds. The minimum Gasteiger partial charge on any atom is -0.296 e. The highest BCUT2D eigenvalue weighted by atomic mass is 35.5. The standard InChI is InChI=1S/C9H7ClN4OS/c1-5-4-16-9(12-5)14-7(15)6-2-3-11-8(10)13-6/h2-4H,1H3,(H,12,14,15). The van der Waals surface area contributed by atoms with Crippen LogP contribution in [0.5, 0.6) is 0 Å². The first-order chi connectivity index (χ1) is 7.65. The van der Waals surface area contributed by atoms with Crippen molar-refractivity contribution in [2.45, 2.75) is 6.92 Å². The molecule has 0 aromatic carbocycles. The summed E-state index contributed by atoms with van der Waals surface area (Å²) in [6, 6.07) is 1.49. The van der Waals surface area contributed by atoms with E-state index in [0.29, 0.717) is 5.13 Å². The van der Waals surface area contributed by atoms with Crippen LogP contribution in [0.2, 0.25) is 5.28 Å². The summed E-state index contributed by atoms with van der Waals surface area (Å²) in [6.45, 7) is 1.85. The Morgan fingerprint density at radius 2 is 2.31 bits per heavy atom. The lowest BCUT2D eigenvalue weighted by Gasteiger charge is -2.00. The quantitative estimate of drug-likeness (QED) is 0.834. The molecule has 0 bridgehead atoms. The third kappa shape index (κ3) is 2.53. The van der Waals surface area contributed by atoms with E-state index in [1.807, 2.05) is 12.3 Å². The molecule has 7 heteroatoms. The second-order valence-electron chi connectivity index (χ2n) is 2.96. The highest BCUT2D eigenvalue weighted by Crippen LogP contribution is 2.15. The lowest BCUT2D eigenvalue weighted by atomic mass is 10.4. The monoisotopic (exact) mass is 254 g/mol. The molecule has 2 rings (SSSR count). The van der Waals surface area contributed by atoms with Gasteiger partial charge in [0.15, 0.2) is 5.13 Å². The summed E-state index contributed by atoms with van der Waals surface area (Å²) in [6.07, 6.45) is 1.43. The van der Waals surface area contributed by atoms with Crippen molar-refractivity contribution in [3.63, 3.8) is 0 Å². The van der Waals surface area contributed by atoms with E-state index in [1.165, 1.54) is 23.6 Å². The number of aryl methyl sites for hydroxylation is 1. The Bertz CT molecular complexity index is 528. The predicted molar refractivity (Wildman–Crippen MR) is 61.8 cm³/mol. The van der Waals surface area contributed by atoms with Gasteiger partial charge in [0.25, 0.3) is 5.91 Å². The summed E-state index contributed by atoms with van der Waals surface area (Å²) in [5, 5.41) is 5.06. The highest BCUT2D eigenvalue weighted by molar-refractivity contribution is 7.13. The zero-order valence-corrected chi connectivity index (χ0v) is 9.84. The second-order valence-corrected chi connectivity index (χ2v) is 4.16. The van der Waals surface area contributed by atoms with Gasteiger partial charge in [-0.2, -0.15) is 0 Å². The Morgan fingerprint density at radius 3 is 2.94 bits per heavy atom. The number of anilines is 1. The molecule has 0 spiro atoms. The summed E-state index contributed by atoms with van der Waals surface area (Å²) in [4.78, 5) is 23.3. The van der Waals surface area contributed by atoms with E-state index in [4.69, 9.17) is 11.6 Å². The largest absolute Gasteiger partial charge is 0.296 e. The van der Waals surface area contributed by atoms with Crippen LogP contribution in [0.4, 0.5) is 5.13 Å². The number of hydrogen-bond acceptors (Lipinski definition) is 5. The number of amides is 1. The van der Waals surface area contributed by atoms with E-state index < -0.39 is 0 Å². The van der Waals surface area contributed by atoms with Gasteiger partial charge in [0.2, 0.25) is 5.28 Å². The lowest BCUT2D eigenvalue weighted by Crippen LogP contribution is -2.13. The van der Waals surface area contributed by atoms with Crippen molar-refractivity contribution in [1.82, 2.24) is 15.0 Å². The van der Waals surface area contributed by atoms with E-state index in [9.17, 15) is 4.79 Å². The lowest BCUT2D eigenvalue weighted by molar-refractivity contribution is 0.102. The van der Waals surface area contributed by atoms with Crippen LogP contribution in [0, 0.1) is 6.92 Å². The number of rotatable bonds is 2. The maximum absolute atomic E-state index is 11.7. The fourth-order valence-electron chi connectivity index (χ4n) is 1.03. The molecule has 0 unspecified atom stereocenters. The van der Waals surface area contributed by atoms with Crippen LogP contribution in [0.1, 0.15) is 16.2 Å². The number of carbonyl (C=O) groups excluding carboxylic acids is 1. The van der Waals surface area contributed by atoms with E-state index >= 15 is 0 Å². The third-order valence-corrected chi connectivity index (χ3v) is 2.76. The molecule has 0 saturated carbocycles. The third-order valence-electron chi connectivity index (χ3n) is 1.70. The fourth-order valence-corrected chi connectivity index (χ4v) is 1.86. The Balaban J connectivity index is 2.14. The normalized spacial score (nSPS) is 10.1. The Labute approximate surface area is 101 Å². The van der Waals surface area contributed by atoms with Crippen LogP contribution in [0.15, 0.2) is 17.6 Å². The molecule has 0 atom stereocenters. The van der Waals surface area contributed by atoms with Gasteiger partial charge in [-0.25, -0.2) is 15.0 Å². The van der Waals surface area contributed by atoms with E-state index in [2.05, 4.69) is 20.3 Å². The van der Waals surface area contributed by atoms with Crippen LogP contribution < -0.4 is 5.32 Å². The molecule has 16 heavy (non-hydrogen) atoms. The smallest absolute Gasteiger partial charge is 0.276 e. The molecule has 0 saturated heterocycles. The van der Waals surface area contributed by atoms with Gasteiger partial charge in [-0.05, 0) is 24.6 Å².